The predicted molar refractivity (Wildman–Crippen MR) is 180 cm³/mol. The summed E-state index contributed by atoms with van der Waals surface area (Å²) in [7, 11) is 1.46. The smallest absolute Gasteiger partial charge is 0.254 e. The summed E-state index contributed by atoms with van der Waals surface area (Å²) in [4.78, 5) is 88.0. The van der Waals surface area contributed by atoms with E-state index in [0.717, 1.165) is 5.56 Å². The van der Waals surface area contributed by atoms with Gasteiger partial charge in [0.25, 0.3) is 5.91 Å². The van der Waals surface area contributed by atoms with Crippen molar-refractivity contribution in [3.8, 4) is 0 Å². The molecule has 13 heteroatoms. The van der Waals surface area contributed by atoms with Crippen LogP contribution in [0.5, 0.6) is 0 Å². The van der Waals surface area contributed by atoms with E-state index in [9.17, 15) is 28.8 Å². The fourth-order valence-corrected chi connectivity index (χ4v) is 5.44. The molecular formula is C35H49N7O6. The van der Waals surface area contributed by atoms with E-state index in [0.29, 0.717) is 12.0 Å². The molecule has 4 N–H and O–H groups in total. The third-order valence-corrected chi connectivity index (χ3v) is 8.31. The number of pyridine rings is 1. The summed E-state index contributed by atoms with van der Waals surface area (Å²) >= 11 is 0. The molecule has 1 aromatic heterocycles. The maximum absolute atomic E-state index is 13.9. The van der Waals surface area contributed by atoms with E-state index in [-0.39, 0.29) is 24.8 Å². The molecular weight excluding hydrogens is 614 g/mol. The van der Waals surface area contributed by atoms with Crippen molar-refractivity contribution in [1.29, 1.82) is 0 Å². The highest BCUT2D eigenvalue weighted by Gasteiger charge is 2.34. The first kappa shape index (κ1) is 37.6. The van der Waals surface area contributed by atoms with E-state index in [4.69, 9.17) is 0 Å². The van der Waals surface area contributed by atoms with Crippen LogP contribution in [0.4, 0.5) is 0 Å². The van der Waals surface area contributed by atoms with Crippen molar-refractivity contribution < 1.29 is 28.8 Å². The minimum atomic E-state index is -1.02. The van der Waals surface area contributed by atoms with E-state index in [1.165, 1.54) is 55.2 Å². The summed E-state index contributed by atoms with van der Waals surface area (Å²) in [6.07, 6.45) is 3.54. The lowest BCUT2D eigenvalue weighted by molar-refractivity contribution is -0.142. The average molecular weight is 664 g/mol. The van der Waals surface area contributed by atoms with E-state index < -0.39 is 72.2 Å². The van der Waals surface area contributed by atoms with Gasteiger partial charge in [0.05, 0.1) is 12.6 Å². The van der Waals surface area contributed by atoms with E-state index in [2.05, 4.69) is 26.3 Å². The number of hydrogen-bond donors (Lipinski definition) is 4. The van der Waals surface area contributed by atoms with Crippen molar-refractivity contribution >= 4 is 35.4 Å². The Morgan fingerprint density at radius 3 is 2.10 bits per heavy atom. The molecule has 1 aromatic carbocycles. The first-order valence-electron chi connectivity index (χ1n) is 16.4. The highest BCUT2D eigenvalue weighted by atomic mass is 16.2. The molecule has 2 aromatic rings. The predicted octanol–water partition coefficient (Wildman–Crippen LogP) is 1.29. The zero-order chi connectivity index (χ0) is 35.5. The molecule has 2 heterocycles. The Morgan fingerprint density at radius 2 is 1.50 bits per heavy atom. The van der Waals surface area contributed by atoms with Gasteiger partial charge < -0.3 is 31.1 Å². The Balaban J connectivity index is 2.08. The number of aromatic nitrogens is 1. The van der Waals surface area contributed by atoms with Crippen molar-refractivity contribution in [1.82, 2.24) is 36.1 Å². The van der Waals surface area contributed by atoms with Gasteiger partial charge in [-0.25, -0.2) is 0 Å². The van der Waals surface area contributed by atoms with Crippen LogP contribution in [0.2, 0.25) is 0 Å². The van der Waals surface area contributed by atoms with Crippen LogP contribution >= 0.6 is 0 Å². The molecule has 13 nitrogen and oxygen atoms in total. The molecule has 1 aliphatic heterocycles. The second kappa shape index (κ2) is 17.4. The molecule has 0 spiro atoms. The Morgan fingerprint density at radius 1 is 0.854 bits per heavy atom. The zero-order valence-electron chi connectivity index (χ0n) is 28.9. The lowest BCUT2D eigenvalue weighted by Crippen LogP contribution is -2.60. The lowest BCUT2D eigenvalue weighted by Gasteiger charge is -2.33. The van der Waals surface area contributed by atoms with Gasteiger partial charge in [-0.15, -0.1) is 0 Å². The molecule has 6 amide bonds. The molecule has 0 saturated carbocycles. The molecule has 0 bridgehead atoms. The van der Waals surface area contributed by atoms with Crippen LogP contribution in [0, 0.1) is 11.8 Å². The lowest BCUT2D eigenvalue weighted by atomic mass is 10.00. The van der Waals surface area contributed by atoms with E-state index in [1.54, 1.807) is 13.8 Å². The molecule has 48 heavy (non-hydrogen) atoms. The first-order valence-corrected chi connectivity index (χ1v) is 16.4. The molecule has 1 aliphatic rings. The number of benzene rings is 1. The van der Waals surface area contributed by atoms with Crippen molar-refractivity contribution in [3.05, 3.63) is 66.0 Å². The third kappa shape index (κ3) is 10.6. The van der Waals surface area contributed by atoms with Gasteiger partial charge in [-0.1, -0.05) is 58.0 Å². The number of hydrogen-bond acceptors (Lipinski definition) is 7. The number of carbonyl (C=O) groups excluding carboxylic acids is 6. The summed E-state index contributed by atoms with van der Waals surface area (Å²) in [6, 6.07) is 7.83. The van der Waals surface area contributed by atoms with Crippen LogP contribution in [0.3, 0.4) is 0 Å². The largest absolute Gasteiger partial charge is 0.349 e. The van der Waals surface area contributed by atoms with Crippen LogP contribution < -0.4 is 21.3 Å². The maximum Gasteiger partial charge on any atom is 0.254 e. The normalized spacial score (nSPS) is 23.9. The minimum absolute atomic E-state index is 0.00674. The number of likely N-dealkylation sites (N-methyl/N-ethyl adjacent to an activating group) is 1. The quantitative estimate of drug-likeness (QED) is 0.361. The fraction of sp³-hybridized carbons (Fsp3) is 0.514. The fourth-order valence-electron chi connectivity index (χ4n) is 5.44. The van der Waals surface area contributed by atoms with Gasteiger partial charge in [0.1, 0.15) is 24.2 Å². The van der Waals surface area contributed by atoms with E-state index >= 15 is 0 Å². The van der Waals surface area contributed by atoms with Gasteiger partial charge in [0.15, 0.2) is 0 Å². The van der Waals surface area contributed by atoms with Crippen molar-refractivity contribution in [2.75, 3.05) is 20.1 Å². The molecule has 0 unspecified atom stereocenters. The van der Waals surface area contributed by atoms with Crippen LogP contribution in [0.1, 0.15) is 63.9 Å². The Labute approximate surface area is 282 Å². The van der Waals surface area contributed by atoms with Crippen LogP contribution in [0.25, 0.3) is 0 Å². The third-order valence-electron chi connectivity index (χ3n) is 8.31. The molecule has 0 radical (unpaired) electrons. The topological polar surface area (TPSA) is 170 Å². The molecule has 5 atom stereocenters. The van der Waals surface area contributed by atoms with Gasteiger partial charge in [-0.05, 0) is 56.2 Å². The van der Waals surface area contributed by atoms with Gasteiger partial charge in [-0.3, -0.25) is 33.8 Å². The van der Waals surface area contributed by atoms with Crippen molar-refractivity contribution in [2.24, 2.45) is 11.8 Å². The van der Waals surface area contributed by atoms with Gasteiger partial charge >= 0.3 is 0 Å². The molecule has 1 saturated heterocycles. The Bertz CT molecular complexity index is 1440. The van der Waals surface area contributed by atoms with Crippen LogP contribution in [-0.2, 0) is 30.4 Å². The zero-order valence-corrected chi connectivity index (χ0v) is 28.9. The number of rotatable bonds is 6. The molecule has 3 rings (SSSR count). The summed E-state index contributed by atoms with van der Waals surface area (Å²) in [5.74, 6) is -3.48. The monoisotopic (exact) mass is 663 g/mol. The van der Waals surface area contributed by atoms with Gasteiger partial charge in [0, 0.05) is 31.5 Å². The molecule has 1 fully saturated rings. The molecule has 260 valence electrons. The molecule has 0 aliphatic carbocycles. The van der Waals surface area contributed by atoms with Gasteiger partial charge in [-0.2, -0.15) is 0 Å². The van der Waals surface area contributed by atoms with Gasteiger partial charge in [0.2, 0.25) is 29.5 Å². The first-order chi connectivity index (χ1) is 22.7. The number of nitrogens with one attached hydrogen (secondary N) is 4. The Kier molecular flexibility index (Phi) is 13.6. The number of nitrogens with zero attached hydrogens (tertiary/aromatic N) is 3. The highest BCUT2D eigenvalue weighted by Crippen LogP contribution is 2.13. The summed E-state index contributed by atoms with van der Waals surface area (Å²) in [6.45, 7) is 9.93. The summed E-state index contributed by atoms with van der Waals surface area (Å²) in [5, 5.41) is 11.2. The maximum atomic E-state index is 13.9. The van der Waals surface area contributed by atoms with E-state index in [1.807, 2.05) is 44.2 Å². The standard InChI is InChI=1S/C35H49N7O6/c1-21(2)17-28-35(48)41(7)24(6)32(45)37-23(5)31(44)40-30(22(3)4)33(46)38-27(18-25-11-9-8-10-12-25)19-42(20-29(43)39-28)34(47)26-13-15-36-16-14-26/h8-16,21-24,27-28,30H,17-20H2,1-7H3,(H,37,45)(H,38,46)(H,39,43)(H,40,44)/t23-,24+,27+,28+,30+/m1/s1. The number of amides is 6. The van der Waals surface area contributed by atoms with Crippen LogP contribution in [0.15, 0.2) is 54.9 Å². The summed E-state index contributed by atoms with van der Waals surface area (Å²) < 4.78 is 0. The van der Waals surface area contributed by atoms with Crippen LogP contribution in [-0.4, -0.2) is 101 Å². The van der Waals surface area contributed by atoms with Crippen molar-refractivity contribution in [3.63, 3.8) is 0 Å². The number of carbonyl (C=O) groups is 6. The highest BCUT2D eigenvalue weighted by molar-refractivity contribution is 5.98. The SMILES string of the molecule is CC(C)C[C@@H]1NC(=O)CN(C(=O)c2ccncc2)C[C@H](Cc2ccccc2)NC(=O)[C@H](C(C)C)NC(=O)[C@@H](C)NC(=O)[C@H](C)N(C)C1=O. The minimum Gasteiger partial charge on any atom is -0.349 e. The van der Waals surface area contributed by atoms with Crippen molar-refractivity contribution in [2.45, 2.75) is 84.6 Å². The second-order valence-corrected chi connectivity index (χ2v) is 13.2. The summed E-state index contributed by atoms with van der Waals surface area (Å²) in [5.41, 5.74) is 1.17. The Hall–Kier alpha value is -4.81. The average Bonchev–Trinajstić information content (AvgIpc) is 3.04. The second-order valence-electron chi connectivity index (χ2n) is 13.2.